The summed E-state index contributed by atoms with van der Waals surface area (Å²) in [5, 5.41) is 4.05. The van der Waals surface area contributed by atoms with Crippen molar-refractivity contribution in [2.45, 2.75) is 12.1 Å². The minimum atomic E-state index is -0.916. The lowest BCUT2D eigenvalue weighted by molar-refractivity contribution is -0.126. The van der Waals surface area contributed by atoms with Crippen molar-refractivity contribution >= 4 is 45.6 Å². The van der Waals surface area contributed by atoms with Crippen molar-refractivity contribution in [1.29, 1.82) is 0 Å². The molecule has 2 fully saturated rings. The Morgan fingerprint density at radius 1 is 0.758 bits per heavy atom. The number of benzene rings is 4. The van der Waals surface area contributed by atoms with E-state index in [1.54, 1.807) is 11.1 Å². The summed E-state index contributed by atoms with van der Waals surface area (Å²) in [6.07, 6.45) is -0.916. The van der Waals surface area contributed by atoms with E-state index in [-0.39, 0.29) is 11.8 Å². The molecule has 4 aromatic rings. The van der Waals surface area contributed by atoms with Crippen LogP contribution in [-0.2, 0) is 14.4 Å². The topological polar surface area (TPSA) is 49.9 Å². The number of hydroxylamine groups is 1. The van der Waals surface area contributed by atoms with Gasteiger partial charge in [0.25, 0.3) is 5.91 Å². The minimum Gasteiger partial charge on any atom is -0.273 e. The van der Waals surface area contributed by atoms with E-state index in [1.165, 1.54) is 4.90 Å². The summed E-state index contributed by atoms with van der Waals surface area (Å²) in [6.45, 7) is 0. The Bertz CT molecular complexity index is 1390. The molecule has 6 rings (SSSR count). The van der Waals surface area contributed by atoms with E-state index >= 15 is 0 Å². The Morgan fingerprint density at radius 2 is 1.48 bits per heavy atom. The summed E-state index contributed by atoms with van der Waals surface area (Å²) in [5.41, 5.74) is 2.17. The second kappa shape index (κ2) is 7.73. The van der Waals surface area contributed by atoms with Crippen LogP contribution in [0.2, 0.25) is 5.02 Å². The van der Waals surface area contributed by atoms with Gasteiger partial charge in [0.1, 0.15) is 5.92 Å². The predicted molar refractivity (Wildman–Crippen MR) is 128 cm³/mol. The van der Waals surface area contributed by atoms with Gasteiger partial charge in [0.2, 0.25) is 5.91 Å². The van der Waals surface area contributed by atoms with E-state index in [0.717, 1.165) is 22.0 Å². The van der Waals surface area contributed by atoms with Gasteiger partial charge in [-0.3, -0.25) is 14.4 Å². The number of rotatable bonds is 3. The number of carbonyl (C=O) groups excluding carboxylic acids is 2. The number of imide groups is 1. The van der Waals surface area contributed by atoms with Crippen LogP contribution < -0.4 is 9.96 Å². The molecule has 0 unspecified atom stereocenters. The van der Waals surface area contributed by atoms with Crippen molar-refractivity contribution in [1.82, 2.24) is 0 Å². The highest BCUT2D eigenvalue weighted by Gasteiger charge is 2.60. The molecule has 6 heteroatoms. The zero-order valence-electron chi connectivity index (χ0n) is 17.5. The molecule has 0 radical (unpaired) electrons. The van der Waals surface area contributed by atoms with Crippen molar-refractivity contribution in [2.75, 3.05) is 9.96 Å². The fourth-order valence-corrected chi connectivity index (χ4v) is 5.08. The van der Waals surface area contributed by atoms with Crippen molar-refractivity contribution in [3.05, 3.63) is 108 Å². The van der Waals surface area contributed by atoms with Crippen LogP contribution in [0.4, 0.5) is 11.4 Å². The molecule has 4 aromatic carbocycles. The smallest absolute Gasteiger partial charge is 0.266 e. The molecule has 2 amide bonds. The van der Waals surface area contributed by atoms with E-state index in [0.29, 0.717) is 10.7 Å². The molecule has 0 saturated carbocycles. The highest BCUT2D eigenvalue weighted by molar-refractivity contribution is 6.30. The quantitative estimate of drug-likeness (QED) is 0.381. The van der Waals surface area contributed by atoms with Gasteiger partial charge in [0, 0.05) is 10.4 Å². The van der Waals surface area contributed by atoms with E-state index < -0.39 is 18.1 Å². The average Bonchev–Trinajstić information content (AvgIpc) is 3.35. The third kappa shape index (κ3) is 3.12. The SMILES string of the molecule is O=C1[C@H]2[C@@H](c3cccc(Cl)c3)N(c3ccccc3)O[C@H]2C(=O)N1c1cccc2ccccc12. The third-order valence-electron chi connectivity index (χ3n) is 6.32. The van der Waals surface area contributed by atoms with Crippen LogP contribution >= 0.6 is 11.6 Å². The molecule has 2 heterocycles. The summed E-state index contributed by atoms with van der Waals surface area (Å²) in [4.78, 5) is 34.9. The molecular weight excluding hydrogens is 436 g/mol. The molecule has 0 aromatic heterocycles. The van der Waals surface area contributed by atoms with Crippen molar-refractivity contribution < 1.29 is 14.4 Å². The highest BCUT2D eigenvalue weighted by Crippen LogP contribution is 2.48. The Balaban J connectivity index is 1.47. The Morgan fingerprint density at radius 3 is 2.30 bits per heavy atom. The van der Waals surface area contributed by atoms with E-state index in [4.69, 9.17) is 16.4 Å². The first-order chi connectivity index (χ1) is 16.1. The van der Waals surface area contributed by atoms with E-state index in [1.807, 2.05) is 91.0 Å². The summed E-state index contributed by atoms with van der Waals surface area (Å²) >= 11 is 6.29. The number of amides is 2. The van der Waals surface area contributed by atoms with Gasteiger partial charge in [-0.2, -0.15) is 0 Å². The van der Waals surface area contributed by atoms with Crippen LogP contribution in [-0.4, -0.2) is 17.9 Å². The molecule has 0 aliphatic carbocycles. The number of hydrogen-bond donors (Lipinski definition) is 0. The van der Waals surface area contributed by atoms with E-state index in [2.05, 4.69) is 0 Å². The lowest BCUT2D eigenvalue weighted by Crippen LogP contribution is -2.37. The zero-order chi connectivity index (χ0) is 22.5. The van der Waals surface area contributed by atoms with Gasteiger partial charge in [-0.05, 0) is 41.3 Å². The molecule has 2 aliphatic rings. The molecule has 162 valence electrons. The first-order valence-electron chi connectivity index (χ1n) is 10.8. The molecule has 2 aliphatic heterocycles. The minimum absolute atomic E-state index is 0.273. The van der Waals surface area contributed by atoms with Gasteiger partial charge in [-0.15, -0.1) is 0 Å². The number of halogens is 1. The molecule has 2 saturated heterocycles. The van der Waals surface area contributed by atoms with E-state index in [9.17, 15) is 9.59 Å². The van der Waals surface area contributed by atoms with Crippen LogP contribution in [0.3, 0.4) is 0 Å². The van der Waals surface area contributed by atoms with Crippen LogP contribution in [0.5, 0.6) is 0 Å². The largest absolute Gasteiger partial charge is 0.273 e. The van der Waals surface area contributed by atoms with Crippen LogP contribution in [0.1, 0.15) is 11.6 Å². The summed E-state index contributed by atoms with van der Waals surface area (Å²) in [7, 11) is 0. The maximum Gasteiger partial charge on any atom is 0.266 e. The summed E-state index contributed by atoms with van der Waals surface area (Å²) in [5.74, 6) is -1.33. The first-order valence-corrected chi connectivity index (χ1v) is 11.1. The molecule has 0 spiro atoms. The van der Waals surface area contributed by atoms with Crippen molar-refractivity contribution in [2.24, 2.45) is 5.92 Å². The maximum absolute atomic E-state index is 13.9. The monoisotopic (exact) mass is 454 g/mol. The number of nitrogens with zero attached hydrogens (tertiary/aromatic N) is 2. The molecule has 3 atom stereocenters. The fraction of sp³-hybridized carbons (Fsp3) is 0.111. The zero-order valence-corrected chi connectivity index (χ0v) is 18.2. The number of anilines is 2. The van der Waals surface area contributed by atoms with Crippen LogP contribution in [0.25, 0.3) is 10.8 Å². The predicted octanol–water partition coefficient (Wildman–Crippen LogP) is 5.54. The van der Waals surface area contributed by atoms with Crippen LogP contribution in [0, 0.1) is 5.92 Å². The average molecular weight is 455 g/mol. The molecule has 0 N–H and O–H groups in total. The van der Waals surface area contributed by atoms with Gasteiger partial charge < -0.3 is 0 Å². The van der Waals surface area contributed by atoms with Gasteiger partial charge in [0.15, 0.2) is 6.10 Å². The first kappa shape index (κ1) is 20.0. The third-order valence-corrected chi connectivity index (χ3v) is 6.56. The van der Waals surface area contributed by atoms with Gasteiger partial charge in [-0.25, -0.2) is 9.96 Å². The standard InChI is InChI=1S/C27H19ClN2O3/c28-19-11-6-10-18(16-19)24-23-25(33-30(24)20-12-2-1-3-13-20)27(32)29(26(23)31)22-15-7-9-17-8-4-5-14-21(17)22/h1-16,23-25H/t23-,24+,25+/m0/s1. The Kier molecular flexibility index (Phi) is 4.68. The van der Waals surface area contributed by atoms with Gasteiger partial charge in [-0.1, -0.05) is 78.3 Å². The number of carbonyl (C=O) groups is 2. The maximum atomic E-state index is 13.9. The van der Waals surface area contributed by atoms with Crippen molar-refractivity contribution in [3.8, 4) is 0 Å². The second-order valence-electron chi connectivity index (χ2n) is 8.22. The lowest BCUT2D eigenvalue weighted by Gasteiger charge is -2.29. The van der Waals surface area contributed by atoms with Gasteiger partial charge in [0.05, 0.1) is 17.4 Å². The number of para-hydroxylation sites is 1. The number of hydrogen-bond acceptors (Lipinski definition) is 4. The lowest BCUT2D eigenvalue weighted by atomic mass is 9.90. The van der Waals surface area contributed by atoms with Gasteiger partial charge >= 0.3 is 0 Å². The Hall–Kier alpha value is -3.67. The fourth-order valence-electron chi connectivity index (χ4n) is 4.88. The number of fused-ring (bicyclic) bond motifs is 2. The molecular formula is C27H19ClN2O3. The Labute approximate surface area is 195 Å². The highest BCUT2D eigenvalue weighted by atomic mass is 35.5. The molecule has 0 bridgehead atoms. The molecule has 5 nitrogen and oxygen atoms in total. The normalized spacial score (nSPS) is 22.3. The second-order valence-corrected chi connectivity index (χ2v) is 8.66. The summed E-state index contributed by atoms with van der Waals surface area (Å²) < 4.78 is 0. The van der Waals surface area contributed by atoms with Crippen molar-refractivity contribution in [3.63, 3.8) is 0 Å². The van der Waals surface area contributed by atoms with Crippen LogP contribution in [0.15, 0.2) is 97.1 Å². The molecule has 33 heavy (non-hydrogen) atoms. The summed E-state index contributed by atoms with van der Waals surface area (Å²) in [6, 6.07) is 29.7.